The number of aromatic nitrogens is 3. The number of methoxy groups -OCH3 is 1. The Kier molecular flexibility index (Phi) is 4.86. The highest BCUT2D eigenvalue weighted by atomic mass is 35.5. The quantitative estimate of drug-likeness (QED) is 0.765. The van der Waals surface area contributed by atoms with Gasteiger partial charge in [-0.25, -0.2) is 9.89 Å². The number of halogens is 1. The lowest BCUT2D eigenvalue weighted by Crippen LogP contribution is -2.24. The number of nitrogens with zero attached hydrogens (tertiary/aromatic N) is 2. The van der Waals surface area contributed by atoms with Crippen molar-refractivity contribution in [2.75, 3.05) is 12.4 Å². The number of carbonyl (C=O) groups excluding carboxylic acids is 1. The Morgan fingerprint density at radius 1 is 1.54 bits per heavy atom. The summed E-state index contributed by atoms with van der Waals surface area (Å²) in [5.41, 5.74) is 0.271. The maximum absolute atomic E-state index is 12.4. The molecule has 24 heavy (non-hydrogen) atoms. The van der Waals surface area contributed by atoms with Gasteiger partial charge < -0.3 is 10.1 Å². The van der Waals surface area contributed by atoms with Gasteiger partial charge in [0.15, 0.2) is 5.16 Å². The van der Waals surface area contributed by atoms with Crippen molar-refractivity contribution in [2.24, 2.45) is 0 Å². The van der Waals surface area contributed by atoms with Gasteiger partial charge in [-0.2, -0.15) is 0 Å². The number of ether oxygens (including phenoxy) is 1. The first-order chi connectivity index (χ1) is 11.5. The van der Waals surface area contributed by atoms with Crippen LogP contribution in [-0.2, 0) is 4.79 Å². The number of amides is 1. The summed E-state index contributed by atoms with van der Waals surface area (Å²) in [5, 5.41) is 9.85. The molecule has 1 amide bonds. The molecule has 1 fully saturated rings. The molecule has 0 bridgehead atoms. The predicted octanol–water partition coefficient (Wildman–Crippen LogP) is 2.69. The number of aromatic amines is 1. The summed E-state index contributed by atoms with van der Waals surface area (Å²) in [6.45, 7) is 1.76. The molecule has 0 unspecified atom stereocenters. The smallest absolute Gasteiger partial charge is 0.344 e. The normalized spacial score (nSPS) is 15.1. The Morgan fingerprint density at radius 2 is 2.29 bits per heavy atom. The minimum absolute atomic E-state index is 0.196. The van der Waals surface area contributed by atoms with Gasteiger partial charge in [0.25, 0.3) is 0 Å². The maximum Gasteiger partial charge on any atom is 0.344 e. The highest BCUT2D eigenvalue weighted by Crippen LogP contribution is 2.37. The van der Waals surface area contributed by atoms with Crippen molar-refractivity contribution in [3.05, 3.63) is 33.7 Å². The van der Waals surface area contributed by atoms with Gasteiger partial charge in [-0.15, -0.1) is 5.10 Å². The minimum Gasteiger partial charge on any atom is -0.495 e. The molecule has 1 aliphatic rings. The monoisotopic (exact) mass is 368 g/mol. The zero-order valence-corrected chi connectivity index (χ0v) is 14.8. The van der Waals surface area contributed by atoms with E-state index in [4.69, 9.17) is 16.3 Å². The summed E-state index contributed by atoms with van der Waals surface area (Å²) in [4.78, 5) is 24.2. The topological polar surface area (TPSA) is 89.0 Å². The number of benzene rings is 1. The van der Waals surface area contributed by atoms with Gasteiger partial charge >= 0.3 is 5.69 Å². The van der Waals surface area contributed by atoms with Crippen LogP contribution in [0.25, 0.3) is 0 Å². The lowest BCUT2D eigenvalue weighted by Gasteiger charge is -2.14. The van der Waals surface area contributed by atoms with E-state index in [9.17, 15) is 9.59 Å². The Labute approximate surface area is 147 Å². The van der Waals surface area contributed by atoms with E-state index in [0.717, 1.165) is 12.8 Å². The van der Waals surface area contributed by atoms with Gasteiger partial charge in [-0.05, 0) is 38.0 Å². The van der Waals surface area contributed by atoms with Gasteiger partial charge in [0.05, 0.1) is 18.0 Å². The van der Waals surface area contributed by atoms with Crippen molar-refractivity contribution in [1.29, 1.82) is 0 Å². The first kappa shape index (κ1) is 16.9. The summed E-state index contributed by atoms with van der Waals surface area (Å²) in [7, 11) is 1.52. The van der Waals surface area contributed by atoms with Crippen molar-refractivity contribution in [1.82, 2.24) is 14.8 Å². The van der Waals surface area contributed by atoms with Gasteiger partial charge in [0.2, 0.25) is 5.91 Å². The van der Waals surface area contributed by atoms with Crippen LogP contribution in [0, 0.1) is 0 Å². The largest absolute Gasteiger partial charge is 0.495 e. The van der Waals surface area contributed by atoms with Crippen molar-refractivity contribution in [3.63, 3.8) is 0 Å². The summed E-state index contributed by atoms with van der Waals surface area (Å²) in [6, 6.07) is 5.20. The Bertz CT molecular complexity index is 815. The van der Waals surface area contributed by atoms with E-state index in [0.29, 0.717) is 21.6 Å². The molecule has 1 saturated carbocycles. The second kappa shape index (κ2) is 6.90. The first-order valence-electron chi connectivity index (χ1n) is 7.47. The summed E-state index contributed by atoms with van der Waals surface area (Å²) >= 11 is 7.21. The van der Waals surface area contributed by atoms with Crippen LogP contribution in [0.15, 0.2) is 28.2 Å². The molecule has 1 aliphatic carbocycles. The highest BCUT2D eigenvalue weighted by molar-refractivity contribution is 8.00. The molecular formula is C15H17ClN4O3S. The SMILES string of the molecule is COc1ccc(Cl)cc1NC(=O)[C@@H](C)Sc1n[nH]c(=O)n1C1CC1. The van der Waals surface area contributed by atoms with E-state index in [-0.39, 0.29) is 17.6 Å². The van der Waals surface area contributed by atoms with Crippen molar-refractivity contribution in [2.45, 2.75) is 36.2 Å². The second-order valence-corrected chi connectivity index (χ2v) is 7.25. The molecular weight excluding hydrogens is 352 g/mol. The average molecular weight is 369 g/mol. The third-order valence-corrected chi connectivity index (χ3v) is 4.96. The summed E-state index contributed by atoms with van der Waals surface area (Å²) in [6.07, 6.45) is 1.93. The third-order valence-electron chi connectivity index (χ3n) is 3.65. The number of hydrogen-bond donors (Lipinski definition) is 2. The summed E-state index contributed by atoms with van der Waals surface area (Å²) < 4.78 is 6.84. The molecule has 128 valence electrons. The number of nitrogens with one attached hydrogen (secondary N) is 2. The molecule has 9 heteroatoms. The molecule has 0 aliphatic heterocycles. The van der Waals surface area contributed by atoms with E-state index >= 15 is 0 Å². The second-order valence-electron chi connectivity index (χ2n) is 5.51. The van der Waals surface area contributed by atoms with Gasteiger partial charge in [0, 0.05) is 11.1 Å². The van der Waals surface area contributed by atoms with Gasteiger partial charge in [-0.3, -0.25) is 9.36 Å². The van der Waals surface area contributed by atoms with Crippen LogP contribution < -0.4 is 15.7 Å². The third kappa shape index (κ3) is 3.59. The molecule has 7 nitrogen and oxygen atoms in total. The number of hydrogen-bond acceptors (Lipinski definition) is 5. The number of rotatable bonds is 6. The number of anilines is 1. The Hall–Kier alpha value is -1.93. The predicted molar refractivity (Wildman–Crippen MR) is 93.1 cm³/mol. The fourth-order valence-corrected chi connectivity index (χ4v) is 3.35. The highest BCUT2D eigenvalue weighted by Gasteiger charge is 2.30. The molecule has 0 saturated heterocycles. The lowest BCUT2D eigenvalue weighted by molar-refractivity contribution is -0.115. The van der Waals surface area contributed by atoms with Crippen LogP contribution in [0.1, 0.15) is 25.8 Å². The van der Waals surface area contributed by atoms with E-state index in [1.807, 2.05) is 0 Å². The van der Waals surface area contributed by atoms with Crippen LogP contribution in [0.3, 0.4) is 0 Å². The molecule has 0 spiro atoms. The van der Waals surface area contributed by atoms with Crippen LogP contribution in [0.2, 0.25) is 5.02 Å². The molecule has 1 atom stereocenters. The van der Waals surface area contributed by atoms with E-state index in [2.05, 4.69) is 15.5 Å². The van der Waals surface area contributed by atoms with Crippen molar-refractivity contribution < 1.29 is 9.53 Å². The Morgan fingerprint density at radius 3 is 2.96 bits per heavy atom. The first-order valence-corrected chi connectivity index (χ1v) is 8.73. The fraction of sp³-hybridized carbons (Fsp3) is 0.400. The van der Waals surface area contributed by atoms with Crippen LogP contribution >= 0.6 is 23.4 Å². The molecule has 3 rings (SSSR count). The minimum atomic E-state index is -0.443. The molecule has 0 radical (unpaired) electrons. The Balaban J connectivity index is 1.72. The number of H-pyrrole nitrogens is 1. The number of thioether (sulfide) groups is 1. The number of carbonyl (C=O) groups is 1. The molecule has 1 aromatic heterocycles. The molecule has 1 heterocycles. The van der Waals surface area contributed by atoms with E-state index < -0.39 is 5.25 Å². The van der Waals surface area contributed by atoms with Gasteiger partial charge in [0.1, 0.15) is 5.75 Å². The molecule has 2 N–H and O–H groups in total. The molecule has 1 aromatic carbocycles. The maximum atomic E-state index is 12.4. The standard InChI is InChI=1S/C15H17ClN4O3S/c1-8(24-15-19-18-14(22)20(15)10-4-5-10)13(21)17-11-7-9(16)3-6-12(11)23-2/h3,6-8,10H,4-5H2,1-2H3,(H,17,21)(H,18,22)/t8-/m1/s1. The van der Waals surface area contributed by atoms with Crippen LogP contribution in [-0.4, -0.2) is 33.0 Å². The van der Waals surface area contributed by atoms with Gasteiger partial charge in [-0.1, -0.05) is 23.4 Å². The summed E-state index contributed by atoms with van der Waals surface area (Å²) in [5.74, 6) is 0.304. The molecule has 2 aromatic rings. The van der Waals surface area contributed by atoms with E-state index in [1.165, 1.54) is 18.9 Å². The zero-order chi connectivity index (χ0) is 17.3. The van der Waals surface area contributed by atoms with E-state index in [1.54, 1.807) is 29.7 Å². The van der Waals surface area contributed by atoms with Crippen LogP contribution in [0.4, 0.5) is 5.69 Å². The fourth-order valence-electron chi connectivity index (χ4n) is 2.25. The van der Waals surface area contributed by atoms with Crippen LogP contribution in [0.5, 0.6) is 5.75 Å². The zero-order valence-electron chi connectivity index (χ0n) is 13.2. The lowest BCUT2D eigenvalue weighted by atomic mass is 10.3. The van der Waals surface area contributed by atoms with Crippen molar-refractivity contribution >= 4 is 35.0 Å². The van der Waals surface area contributed by atoms with Crippen molar-refractivity contribution in [3.8, 4) is 5.75 Å². The average Bonchev–Trinajstić information content (AvgIpc) is 3.32.